The average molecular weight is 474 g/mol. The Hall–Kier alpha value is -0.930. The van der Waals surface area contributed by atoms with Crippen molar-refractivity contribution in [3.63, 3.8) is 0 Å². The van der Waals surface area contributed by atoms with Crippen LogP contribution < -0.4 is 0 Å². The largest absolute Gasteiger partial charge is 0.470 e. The number of hydrogen-bond donors (Lipinski definition) is 5. The summed E-state index contributed by atoms with van der Waals surface area (Å²) in [4.78, 5) is 31.0. The molecule has 3 saturated carbocycles. The minimum atomic E-state index is -4.92. The number of phosphoric acid groups is 1. The Morgan fingerprint density at radius 1 is 1.28 bits per heavy atom. The van der Waals surface area contributed by atoms with Gasteiger partial charge in [0.25, 0.3) is 0 Å². The Labute approximate surface area is 186 Å². The van der Waals surface area contributed by atoms with Gasteiger partial charge in [-0.05, 0) is 44.4 Å². The Morgan fingerprint density at radius 2 is 1.94 bits per heavy atom. The van der Waals surface area contributed by atoms with Gasteiger partial charge in [0.15, 0.2) is 11.5 Å². The number of halogens is 1. The fourth-order valence-corrected chi connectivity index (χ4v) is 7.80. The maximum absolute atomic E-state index is 17.0. The van der Waals surface area contributed by atoms with Crippen molar-refractivity contribution in [2.75, 3.05) is 6.61 Å². The van der Waals surface area contributed by atoms with Crippen molar-refractivity contribution in [3.05, 3.63) is 23.8 Å². The molecule has 0 aliphatic heterocycles. The van der Waals surface area contributed by atoms with Gasteiger partial charge in [-0.1, -0.05) is 37.6 Å². The van der Waals surface area contributed by atoms with Crippen LogP contribution in [0.1, 0.15) is 46.5 Å². The van der Waals surface area contributed by atoms with E-state index in [1.165, 1.54) is 6.08 Å². The second kappa shape index (κ2) is 7.28. The van der Waals surface area contributed by atoms with Gasteiger partial charge in [0.05, 0.1) is 12.2 Å². The van der Waals surface area contributed by atoms with Crippen LogP contribution in [-0.2, 0) is 13.9 Å². The van der Waals surface area contributed by atoms with Crippen LogP contribution in [0.4, 0.5) is 4.39 Å². The van der Waals surface area contributed by atoms with Crippen LogP contribution in [0.2, 0.25) is 0 Å². The van der Waals surface area contributed by atoms with E-state index in [1.54, 1.807) is 32.9 Å². The third-order valence-electron chi connectivity index (χ3n) is 9.11. The first-order valence-electron chi connectivity index (χ1n) is 11.0. The standard InChI is InChI=1S/C22H32FO8P/c1-12-8-16-15-5-4-13-9-14(24)6-7-19(13,2)21(15,23)17(25)10-20(16,3)22(12,27)18(26)11-31-32(28,29)30/h6-7,9,12,14-17,24-25,27H,4-5,8,10-11H2,1-3H3,(H2,28,29,30)/t12-,14?,15+,16+,17+,19+,20+,21+,22+/m1/s1. The molecule has 9 atom stereocenters. The second-order valence-electron chi connectivity index (χ2n) is 10.5. The number of carbonyl (C=O) groups excluding carboxylic acids is 1. The molecule has 0 amide bonds. The Bertz CT molecular complexity index is 931. The molecular weight excluding hydrogens is 442 g/mol. The molecule has 0 heterocycles. The minimum Gasteiger partial charge on any atom is -0.390 e. The first-order valence-corrected chi connectivity index (χ1v) is 12.6. The fourth-order valence-electron chi connectivity index (χ4n) is 7.51. The van der Waals surface area contributed by atoms with Crippen LogP contribution in [0.5, 0.6) is 0 Å². The molecule has 32 heavy (non-hydrogen) atoms. The molecule has 10 heteroatoms. The molecule has 0 aromatic carbocycles. The molecule has 0 aromatic heterocycles. The number of phosphoric ester groups is 1. The summed E-state index contributed by atoms with van der Waals surface area (Å²) >= 11 is 0. The first-order chi connectivity index (χ1) is 14.6. The van der Waals surface area contributed by atoms with Crippen molar-refractivity contribution in [1.29, 1.82) is 0 Å². The number of Topliss-reactive ketones (excluding diaryl/α,β-unsaturated/α-hetero) is 1. The molecule has 3 fully saturated rings. The highest BCUT2D eigenvalue weighted by Crippen LogP contribution is 2.70. The second-order valence-corrected chi connectivity index (χ2v) is 11.7. The van der Waals surface area contributed by atoms with Gasteiger partial charge in [-0.2, -0.15) is 0 Å². The molecule has 0 saturated heterocycles. The SMILES string of the molecule is C[C@@H]1C[C@H]2[C@@H]3CCC4=CC(O)C=C[C@]4(C)[C@@]3(F)[C@@H](O)C[C@]2(C)[C@@]1(O)C(=O)COP(=O)(O)O. The van der Waals surface area contributed by atoms with Crippen LogP contribution >= 0.6 is 7.82 Å². The molecule has 0 spiro atoms. The van der Waals surface area contributed by atoms with E-state index in [9.17, 15) is 24.7 Å². The van der Waals surface area contributed by atoms with Crippen molar-refractivity contribution in [1.82, 2.24) is 0 Å². The molecule has 1 unspecified atom stereocenters. The van der Waals surface area contributed by atoms with E-state index in [-0.39, 0.29) is 6.42 Å². The lowest BCUT2D eigenvalue weighted by Crippen LogP contribution is -2.69. The van der Waals surface area contributed by atoms with Crippen LogP contribution in [0.25, 0.3) is 0 Å². The van der Waals surface area contributed by atoms with Crippen molar-refractivity contribution in [2.24, 2.45) is 28.6 Å². The minimum absolute atomic E-state index is 0.188. The van der Waals surface area contributed by atoms with Gasteiger partial charge in [-0.25, -0.2) is 8.96 Å². The number of alkyl halides is 1. The summed E-state index contributed by atoms with van der Waals surface area (Å²) < 4.78 is 32.5. The summed E-state index contributed by atoms with van der Waals surface area (Å²) in [5.74, 6) is -2.58. The smallest absolute Gasteiger partial charge is 0.390 e. The van der Waals surface area contributed by atoms with Crippen LogP contribution in [-0.4, -0.2) is 61.0 Å². The van der Waals surface area contributed by atoms with E-state index in [0.717, 1.165) is 5.57 Å². The van der Waals surface area contributed by atoms with Crippen LogP contribution in [0.15, 0.2) is 23.8 Å². The predicted octanol–water partition coefficient (Wildman–Crippen LogP) is 1.80. The average Bonchev–Trinajstić information content (AvgIpc) is 2.89. The molecular formula is C22H32FO8P. The lowest BCUT2D eigenvalue weighted by molar-refractivity contribution is -0.219. The van der Waals surface area contributed by atoms with E-state index in [4.69, 9.17) is 9.79 Å². The summed E-state index contributed by atoms with van der Waals surface area (Å²) in [6.45, 7) is 4.08. The number of ketones is 1. The predicted molar refractivity (Wildman–Crippen MR) is 112 cm³/mol. The number of aliphatic hydroxyl groups excluding tert-OH is 2. The normalized spacial score (nSPS) is 50.3. The van der Waals surface area contributed by atoms with Gasteiger partial charge in [0, 0.05) is 16.7 Å². The summed E-state index contributed by atoms with van der Waals surface area (Å²) in [6, 6.07) is 0. The van der Waals surface area contributed by atoms with Gasteiger partial charge in [0.1, 0.15) is 12.2 Å². The Balaban J connectivity index is 1.73. The van der Waals surface area contributed by atoms with Gasteiger partial charge >= 0.3 is 7.82 Å². The van der Waals surface area contributed by atoms with Gasteiger partial charge in [-0.3, -0.25) is 9.32 Å². The molecule has 0 aromatic rings. The first kappa shape index (κ1) is 24.2. The zero-order valence-corrected chi connectivity index (χ0v) is 19.3. The highest BCUT2D eigenvalue weighted by atomic mass is 31.2. The van der Waals surface area contributed by atoms with Gasteiger partial charge < -0.3 is 25.1 Å². The monoisotopic (exact) mass is 474 g/mol. The molecule has 180 valence electrons. The summed E-state index contributed by atoms with van der Waals surface area (Å²) in [5.41, 5.74) is -5.65. The van der Waals surface area contributed by atoms with E-state index in [0.29, 0.717) is 19.3 Å². The van der Waals surface area contributed by atoms with Gasteiger partial charge in [-0.15, -0.1) is 0 Å². The van der Waals surface area contributed by atoms with Crippen LogP contribution in [0, 0.1) is 28.6 Å². The number of rotatable bonds is 4. The number of fused-ring (bicyclic) bond motifs is 5. The molecule has 4 rings (SSSR count). The van der Waals surface area contributed by atoms with E-state index in [2.05, 4.69) is 4.52 Å². The van der Waals surface area contributed by atoms with E-state index >= 15 is 4.39 Å². The lowest BCUT2D eigenvalue weighted by atomic mass is 9.44. The van der Waals surface area contributed by atoms with Crippen molar-refractivity contribution < 1.29 is 43.4 Å². The number of allylic oxidation sites excluding steroid dienone is 2. The molecule has 0 bridgehead atoms. The third kappa shape index (κ3) is 3.02. The van der Waals surface area contributed by atoms with Crippen molar-refractivity contribution in [3.8, 4) is 0 Å². The van der Waals surface area contributed by atoms with E-state index < -0.39 is 72.3 Å². The molecule has 8 nitrogen and oxygen atoms in total. The zero-order chi connectivity index (χ0) is 23.9. The summed E-state index contributed by atoms with van der Waals surface area (Å²) in [5, 5.41) is 32.8. The Kier molecular flexibility index (Phi) is 5.51. The summed E-state index contributed by atoms with van der Waals surface area (Å²) in [7, 11) is -4.92. The zero-order valence-electron chi connectivity index (χ0n) is 18.4. The number of hydrogen-bond acceptors (Lipinski definition) is 6. The lowest BCUT2D eigenvalue weighted by Gasteiger charge is -2.62. The quantitative estimate of drug-likeness (QED) is 0.307. The number of carbonyl (C=O) groups is 1. The third-order valence-corrected chi connectivity index (χ3v) is 9.58. The van der Waals surface area contributed by atoms with Gasteiger partial charge in [0.2, 0.25) is 0 Å². The summed E-state index contributed by atoms with van der Waals surface area (Å²) in [6.07, 6.45) is 3.56. The van der Waals surface area contributed by atoms with Crippen molar-refractivity contribution in [2.45, 2.75) is 69.9 Å². The molecule has 0 radical (unpaired) electrons. The number of aliphatic hydroxyl groups is 3. The van der Waals surface area contributed by atoms with E-state index in [1.807, 2.05) is 0 Å². The molecule has 5 N–H and O–H groups in total. The Morgan fingerprint density at radius 3 is 2.56 bits per heavy atom. The highest BCUT2D eigenvalue weighted by Gasteiger charge is 2.75. The molecule has 4 aliphatic rings. The fraction of sp³-hybridized carbons (Fsp3) is 0.773. The van der Waals surface area contributed by atoms with Crippen molar-refractivity contribution >= 4 is 13.6 Å². The maximum atomic E-state index is 17.0. The maximum Gasteiger partial charge on any atom is 0.470 e. The topological polar surface area (TPSA) is 145 Å². The highest BCUT2D eigenvalue weighted by molar-refractivity contribution is 7.46. The molecule has 4 aliphatic carbocycles. The van der Waals surface area contributed by atoms with Crippen LogP contribution in [0.3, 0.4) is 0 Å².